The molecule has 0 saturated heterocycles. The normalized spacial score (nSPS) is 17.8. The summed E-state index contributed by atoms with van der Waals surface area (Å²) in [5, 5.41) is 0.707. The van der Waals surface area contributed by atoms with Crippen LogP contribution in [-0.2, 0) is 17.8 Å². The molecule has 1 saturated carbocycles. The SMILES string of the molecule is O=C(CC1CCCCC1)N1CCc2nc(-c3ccc(Cl)cc3)ncc2C1. The van der Waals surface area contributed by atoms with E-state index in [0.717, 1.165) is 35.6 Å². The summed E-state index contributed by atoms with van der Waals surface area (Å²) in [6.07, 6.45) is 9.70. The molecule has 1 fully saturated rings. The lowest BCUT2D eigenvalue weighted by Crippen LogP contribution is -2.37. The Hall–Kier alpha value is -1.94. The van der Waals surface area contributed by atoms with E-state index in [1.54, 1.807) is 0 Å². The van der Waals surface area contributed by atoms with Crippen LogP contribution in [0.5, 0.6) is 0 Å². The van der Waals surface area contributed by atoms with Gasteiger partial charge < -0.3 is 4.90 Å². The largest absolute Gasteiger partial charge is 0.338 e. The molecule has 2 aliphatic rings. The number of amides is 1. The molecule has 2 aromatic rings. The summed E-state index contributed by atoms with van der Waals surface area (Å²) < 4.78 is 0. The highest BCUT2D eigenvalue weighted by molar-refractivity contribution is 6.30. The molecule has 1 aliphatic heterocycles. The Morgan fingerprint density at radius 3 is 2.69 bits per heavy atom. The molecule has 1 aliphatic carbocycles. The fourth-order valence-corrected chi connectivity index (χ4v) is 4.16. The van der Waals surface area contributed by atoms with Crippen LogP contribution in [0, 0.1) is 5.92 Å². The second-order valence-electron chi connectivity index (χ2n) is 7.45. The summed E-state index contributed by atoms with van der Waals surface area (Å²) in [7, 11) is 0. The molecule has 1 aromatic heterocycles. The van der Waals surface area contributed by atoms with Crippen LogP contribution in [0.4, 0.5) is 0 Å². The fraction of sp³-hybridized carbons (Fsp3) is 0.476. The molecule has 0 bridgehead atoms. The van der Waals surface area contributed by atoms with Crippen LogP contribution in [0.3, 0.4) is 0 Å². The number of nitrogens with zero attached hydrogens (tertiary/aromatic N) is 3. The van der Waals surface area contributed by atoms with E-state index in [2.05, 4.69) is 4.98 Å². The monoisotopic (exact) mass is 369 g/mol. The van der Waals surface area contributed by atoms with Gasteiger partial charge in [0.05, 0.1) is 5.69 Å². The summed E-state index contributed by atoms with van der Waals surface area (Å²) in [4.78, 5) is 23.9. The Morgan fingerprint density at radius 2 is 1.92 bits per heavy atom. The number of carbonyl (C=O) groups excluding carboxylic acids is 1. The van der Waals surface area contributed by atoms with Gasteiger partial charge in [-0.05, 0) is 43.0 Å². The lowest BCUT2D eigenvalue weighted by atomic mass is 9.86. The van der Waals surface area contributed by atoms with E-state index in [4.69, 9.17) is 16.6 Å². The van der Waals surface area contributed by atoms with Crippen molar-refractivity contribution in [3.05, 3.63) is 46.7 Å². The molecule has 5 heteroatoms. The Morgan fingerprint density at radius 1 is 1.15 bits per heavy atom. The third-order valence-corrected chi connectivity index (χ3v) is 5.83. The van der Waals surface area contributed by atoms with Crippen LogP contribution in [0.2, 0.25) is 5.02 Å². The first-order valence-corrected chi connectivity index (χ1v) is 9.95. The number of hydrogen-bond acceptors (Lipinski definition) is 3. The van der Waals surface area contributed by atoms with Gasteiger partial charge >= 0.3 is 0 Å². The van der Waals surface area contributed by atoms with E-state index in [1.807, 2.05) is 35.4 Å². The summed E-state index contributed by atoms with van der Waals surface area (Å²) in [5.74, 6) is 1.60. The summed E-state index contributed by atoms with van der Waals surface area (Å²) in [6, 6.07) is 7.58. The second-order valence-corrected chi connectivity index (χ2v) is 7.88. The number of halogens is 1. The highest BCUT2D eigenvalue weighted by atomic mass is 35.5. The van der Waals surface area contributed by atoms with Crippen LogP contribution < -0.4 is 0 Å². The highest BCUT2D eigenvalue weighted by Crippen LogP contribution is 2.28. The molecule has 4 nitrogen and oxygen atoms in total. The molecule has 1 amide bonds. The molecule has 0 unspecified atom stereocenters. The van der Waals surface area contributed by atoms with Gasteiger partial charge in [-0.25, -0.2) is 9.97 Å². The van der Waals surface area contributed by atoms with Gasteiger partial charge in [-0.15, -0.1) is 0 Å². The van der Waals surface area contributed by atoms with Gasteiger partial charge in [0.15, 0.2) is 5.82 Å². The zero-order valence-corrected chi connectivity index (χ0v) is 15.7. The first-order chi connectivity index (χ1) is 12.7. The molecule has 136 valence electrons. The van der Waals surface area contributed by atoms with Gasteiger partial charge in [-0.3, -0.25) is 4.79 Å². The van der Waals surface area contributed by atoms with Crippen molar-refractivity contribution < 1.29 is 4.79 Å². The van der Waals surface area contributed by atoms with Gasteiger partial charge in [0, 0.05) is 48.3 Å². The van der Waals surface area contributed by atoms with E-state index >= 15 is 0 Å². The molecule has 1 aromatic carbocycles. The van der Waals surface area contributed by atoms with E-state index in [-0.39, 0.29) is 0 Å². The Balaban J connectivity index is 1.44. The maximum Gasteiger partial charge on any atom is 0.223 e. The Bertz CT molecular complexity index is 784. The summed E-state index contributed by atoms with van der Waals surface area (Å²) in [5.41, 5.74) is 3.10. The molecular formula is C21H24ClN3O. The van der Waals surface area contributed by atoms with Crippen LogP contribution in [-0.4, -0.2) is 27.3 Å². The zero-order chi connectivity index (χ0) is 17.9. The number of carbonyl (C=O) groups is 1. The van der Waals surface area contributed by atoms with Crippen molar-refractivity contribution in [2.45, 2.75) is 51.5 Å². The van der Waals surface area contributed by atoms with Crippen LogP contribution >= 0.6 is 11.6 Å². The van der Waals surface area contributed by atoms with Crippen molar-refractivity contribution in [1.82, 2.24) is 14.9 Å². The maximum absolute atomic E-state index is 12.7. The minimum absolute atomic E-state index is 0.296. The minimum Gasteiger partial charge on any atom is -0.338 e. The molecule has 0 atom stereocenters. The number of fused-ring (bicyclic) bond motifs is 1. The molecule has 2 heterocycles. The molecular weight excluding hydrogens is 346 g/mol. The predicted molar refractivity (Wildman–Crippen MR) is 103 cm³/mol. The topological polar surface area (TPSA) is 46.1 Å². The quantitative estimate of drug-likeness (QED) is 0.790. The first-order valence-electron chi connectivity index (χ1n) is 9.57. The van der Waals surface area contributed by atoms with Gasteiger partial charge in [0.2, 0.25) is 5.91 Å². The number of rotatable bonds is 3. The first kappa shape index (κ1) is 17.5. The van der Waals surface area contributed by atoms with Crippen molar-refractivity contribution in [3.8, 4) is 11.4 Å². The van der Waals surface area contributed by atoms with Crippen molar-refractivity contribution in [2.75, 3.05) is 6.54 Å². The van der Waals surface area contributed by atoms with Crippen molar-refractivity contribution in [1.29, 1.82) is 0 Å². The van der Waals surface area contributed by atoms with Gasteiger partial charge in [0.25, 0.3) is 0 Å². The minimum atomic E-state index is 0.296. The molecule has 26 heavy (non-hydrogen) atoms. The third kappa shape index (κ3) is 3.90. The number of benzene rings is 1. The van der Waals surface area contributed by atoms with Crippen molar-refractivity contribution >= 4 is 17.5 Å². The average molecular weight is 370 g/mol. The van der Waals surface area contributed by atoms with Gasteiger partial charge in [-0.1, -0.05) is 30.9 Å². The maximum atomic E-state index is 12.7. The number of aromatic nitrogens is 2. The van der Waals surface area contributed by atoms with E-state index in [1.165, 1.54) is 32.1 Å². The zero-order valence-electron chi connectivity index (χ0n) is 15.0. The second kappa shape index (κ2) is 7.75. The summed E-state index contributed by atoms with van der Waals surface area (Å²) in [6.45, 7) is 1.40. The highest BCUT2D eigenvalue weighted by Gasteiger charge is 2.25. The van der Waals surface area contributed by atoms with Crippen LogP contribution in [0.25, 0.3) is 11.4 Å². The van der Waals surface area contributed by atoms with E-state index < -0.39 is 0 Å². The molecule has 4 rings (SSSR count). The Labute approximate surface area is 159 Å². The number of hydrogen-bond donors (Lipinski definition) is 0. The lowest BCUT2D eigenvalue weighted by molar-refractivity contribution is -0.133. The van der Waals surface area contributed by atoms with Crippen LogP contribution in [0.1, 0.15) is 49.8 Å². The lowest BCUT2D eigenvalue weighted by Gasteiger charge is -2.30. The smallest absolute Gasteiger partial charge is 0.223 e. The van der Waals surface area contributed by atoms with Crippen molar-refractivity contribution in [2.24, 2.45) is 5.92 Å². The predicted octanol–water partition coefficient (Wildman–Crippen LogP) is 4.65. The third-order valence-electron chi connectivity index (χ3n) is 5.58. The van der Waals surface area contributed by atoms with E-state index in [9.17, 15) is 4.79 Å². The molecule has 0 spiro atoms. The molecule has 0 radical (unpaired) electrons. The van der Waals surface area contributed by atoms with Gasteiger partial charge in [-0.2, -0.15) is 0 Å². The average Bonchev–Trinajstić information content (AvgIpc) is 2.68. The van der Waals surface area contributed by atoms with Crippen molar-refractivity contribution in [3.63, 3.8) is 0 Å². The standard InChI is InChI=1S/C21H24ClN3O/c22-18-8-6-16(7-9-18)21-23-13-17-14-25(11-10-19(17)24-21)20(26)12-15-4-2-1-3-5-15/h6-9,13,15H,1-5,10-12,14H2. The fourth-order valence-electron chi connectivity index (χ4n) is 4.03. The van der Waals surface area contributed by atoms with E-state index in [0.29, 0.717) is 29.8 Å². The van der Waals surface area contributed by atoms with Gasteiger partial charge in [0.1, 0.15) is 0 Å². The summed E-state index contributed by atoms with van der Waals surface area (Å²) >= 11 is 5.95. The molecule has 0 N–H and O–H groups in total. The Kier molecular flexibility index (Phi) is 5.21. The van der Waals surface area contributed by atoms with Crippen LogP contribution in [0.15, 0.2) is 30.5 Å².